The summed E-state index contributed by atoms with van der Waals surface area (Å²) in [5.41, 5.74) is 2.26. The van der Waals surface area contributed by atoms with Crippen LogP contribution >= 0.6 is 11.3 Å². The minimum Gasteiger partial charge on any atom is -0.497 e. The van der Waals surface area contributed by atoms with Gasteiger partial charge in [0.05, 0.1) is 12.0 Å². The lowest BCUT2D eigenvalue weighted by atomic mass is 10.2. The van der Waals surface area contributed by atoms with Crippen molar-refractivity contribution in [2.24, 2.45) is 0 Å². The molecule has 0 saturated carbocycles. The van der Waals surface area contributed by atoms with Gasteiger partial charge in [-0.25, -0.2) is 0 Å². The maximum atomic E-state index is 12.9. The van der Waals surface area contributed by atoms with Crippen molar-refractivity contribution in [1.29, 1.82) is 0 Å². The van der Waals surface area contributed by atoms with Gasteiger partial charge in [0.15, 0.2) is 0 Å². The first-order valence-electron chi connectivity index (χ1n) is 10.1. The first-order valence-corrected chi connectivity index (χ1v) is 11.0. The van der Waals surface area contributed by atoms with Crippen LogP contribution in [0.25, 0.3) is 0 Å². The Balaban J connectivity index is 1.27. The smallest absolute Gasteiger partial charge is 0.264 e. The Morgan fingerprint density at radius 1 is 0.933 bits per heavy atom. The van der Waals surface area contributed by atoms with E-state index in [1.165, 1.54) is 16.9 Å². The summed E-state index contributed by atoms with van der Waals surface area (Å²) in [6.45, 7) is 4.59. The zero-order valence-electron chi connectivity index (χ0n) is 17.1. The van der Waals surface area contributed by atoms with Crippen LogP contribution in [-0.4, -0.2) is 49.0 Å². The van der Waals surface area contributed by atoms with Gasteiger partial charge in [-0.2, -0.15) is 0 Å². The summed E-state index contributed by atoms with van der Waals surface area (Å²) in [5.74, 6) is 1.83. The molecule has 1 aliphatic heterocycles. The van der Waals surface area contributed by atoms with E-state index in [-0.39, 0.29) is 5.91 Å². The molecule has 0 spiro atoms. The zero-order chi connectivity index (χ0) is 20.8. The highest BCUT2D eigenvalue weighted by Gasteiger charge is 2.23. The van der Waals surface area contributed by atoms with Crippen LogP contribution in [0.5, 0.6) is 11.5 Å². The van der Waals surface area contributed by atoms with Gasteiger partial charge in [0, 0.05) is 38.3 Å². The van der Waals surface area contributed by atoms with E-state index in [4.69, 9.17) is 9.47 Å². The number of carbonyl (C=O) groups is 1. The van der Waals surface area contributed by atoms with Gasteiger partial charge in [-0.3, -0.25) is 9.69 Å². The molecule has 0 aliphatic carbocycles. The van der Waals surface area contributed by atoms with E-state index < -0.39 is 0 Å². The predicted octanol–water partition coefficient (Wildman–Crippen LogP) is 4.29. The lowest BCUT2D eigenvalue weighted by Crippen LogP contribution is -2.48. The zero-order valence-corrected chi connectivity index (χ0v) is 17.9. The Hall–Kier alpha value is -2.83. The van der Waals surface area contributed by atoms with Crippen LogP contribution in [0.15, 0.2) is 66.0 Å². The van der Waals surface area contributed by atoms with E-state index in [2.05, 4.69) is 17.0 Å². The molecule has 4 rings (SSSR count). The minimum atomic E-state index is 0.118. The van der Waals surface area contributed by atoms with Crippen LogP contribution in [0.4, 0.5) is 0 Å². The number of thiophene rings is 1. The van der Waals surface area contributed by atoms with Gasteiger partial charge in [0.1, 0.15) is 18.1 Å². The van der Waals surface area contributed by atoms with E-state index in [1.807, 2.05) is 58.8 Å². The van der Waals surface area contributed by atoms with Crippen molar-refractivity contribution in [2.45, 2.75) is 13.2 Å². The van der Waals surface area contributed by atoms with Crippen molar-refractivity contribution in [3.8, 4) is 11.5 Å². The quantitative estimate of drug-likeness (QED) is 0.570. The highest BCUT2D eigenvalue weighted by Crippen LogP contribution is 2.21. The molecule has 2 aromatic carbocycles. The van der Waals surface area contributed by atoms with E-state index in [0.29, 0.717) is 6.61 Å². The molecule has 0 unspecified atom stereocenters. The lowest BCUT2D eigenvalue weighted by molar-refractivity contribution is 0.0633. The number of methoxy groups -OCH3 is 1. The number of amides is 1. The average molecular weight is 423 g/mol. The van der Waals surface area contributed by atoms with Gasteiger partial charge in [-0.1, -0.05) is 30.3 Å². The first-order chi connectivity index (χ1) is 14.7. The van der Waals surface area contributed by atoms with Crippen molar-refractivity contribution >= 4 is 17.2 Å². The highest BCUT2D eigenvalue weighted by atomic mass is 32.1. The number of nitrogens with zero attached hydrogens (tertiary/aromatic N) is 2. The van der Waals surface area contributed by atoms with Gasteiger partial charge in [0.2, 0.25) is 0 Å². The summed E-state index contributed by atoms with van der Waals surface area (Å²) in [6, 6.07) is 19.9. The SMILES string of the molecule is COc1cccc(CN2CCN(C(=O)c3cc(COc4ccccc4)cs3)CC2)c1. The normalized spacial score (nSPS) is 14.5. The molecule has 2 heterocycles. The summed E-state index contributed by atoms with van der Waals surface area (Å²) in [4.78, 5) is 18.0. The van der Waals surface area contributed by atoms with Gasteiger partial charge < -0.3 is 14.4 Å². The van der Waals surface area contributed by atoms with Crippen LogP contribution in [0, 0.1) is 0 Å². The summed E-state index contributed by atoms with van der Waals surface area (Å²) >= 11 is 1.50. The Bertz CT molecular complexity index is 965. The predicted molar refractivity (Wildman–Crippen MR) is 119 cm³/mol. The molecule has 0 radical (unpaired) electrons. The molecular weight excluding hydrogens is 396 g/mol. The van der Waals surface area contributed by atoms with Crippen molar-refractivity contribution in [3.63, 3.8) is 0 Å². The molecular formula is C24H26N2O3S. The average Bonchev–Trinajstić information content (AvgIpc) is 3.28. The summed E-state index contributed by atoms with van der Waals surface area (Å²) in [7, 11) is 1.69. The molecule has 3 aromatic rings. The van der Waals surface area contributed by atoms with Crippen molar-refractivity contribution in [3.05, 3.63) is 82.0 Å². The number of hydrogen-bond donors (Lipinski definition) is 0. The Kier molecular flexibility index (Phi) is 6.67. The third-order valence-corrected chi connectivity index (χ3v) is 6.18. The molecule has 1 aliphatic rings. The van der Waals surface area contributed by atoms with E-state index in [9.17, 15) is 4.79 Å². The second-order valence-corrected chi connectivity index (χ2v) is 8.25. The van der Waals surface area contributed by atoms with Crippen LogP contribution < -0.4 is 9.47 Å². The molecule has 1 fully saturated rings. The van der Waals surface area contributed by atoms with Crippen LogP contribution in [0.1, 0.15) is 20.8 Å². The molecule has 1 amide bonds. The van der Waals surface area contributed by atoms with E-state index in [0.717, 1.165) is 54.7 Å². The minimum absolute atomic E-state index is 0.118. The van der Waals surface area contributed by atoms with Gasteiger partial charge >= 0.3 is 0 Å². The number of piperazine rings is 1. The Labute approximate surface area is 181 Å². The second-order valence-electron chi connectivity index (χ2n) is 7.34. The molecule has 30 heavy (non-hydrogen) atoms. The van der Waals surface area contributed by atoms with Gasteiger partial charge in [-0.15, -0.1) is 11.3 Å². The van der Waals surface area contributed by atoms with Crippen molar-refractivity contribution in [2.75, 3.05) is 33.3 Å². The summed E-state index contributed by atoms with van der Waals surface area (Å²) < 4.78 is 11.1. The number of carbonyl (C=O) groups excluding carboxylic acids is 1. The Morgan fingerprint density at radius 2 is 1.70 bits per heavy atom. The fourth-order valence-corrected chi connectivity index (χ4v) is 4.40. The largest absolute Gasteiger partial charge is 0.497 e. The van der Waals surface area contributed by atoms with Crippen LogP contribution in [-0.2, 0) is 13.2 Å². The molecule has 0 bridgehead atoms. The third kappa shape index (κ3) is 5.20. The molecule has 156 valence electrons. The van der Waals surface area contributed by atoms with E-state index in [1.54, 1.807) is 7.11 Å². The van der Waals surface area contributed by atoms with Crippen molar-refractivity contribution in [1.82, 2.24) is 9.80 Å². The molecule has 6 heteroatoms. The van der Waals surface area contributed by atoms with Crippen LogP contribution in [0.3, 0.4) is 0 Å². The summed E-state index contributed by atoms with van der Waals surface area (Å²) in [6.07, 6.45) is 0. The molecule has 0 N–H and O–H groups in total. The Morgan fingerprint density at radius 3 is 2.47 bits per heavy atom. The number of rotatable bonds is 7. The topological polar surface area (TPSA) is 42.0 Å². The number of benzene rings is 2. The second kappa shape index (κ2) is 9.78. The third-order valence-electron chi connectivity index (χ3n) is 5.21. The molecule has 1 saturated heterocycles. The molecule has 0 atom stereocenters. The fourth-order valence-electron chi connectivity index (χ4n) is 3.54. The number of hydrogen-bond acceptors (Lipinski definition) is 5. The maximum Gasteiger partial charge on any atom is 0.264 e. The van der Waals surface area contributed by atoms with Gasteiger partial charge in [0.25, 0.3) is 5.91 Å². The molecule has 5 nitrogen and oxygen atoms in total. The lowest BCUT2D eigenvalue weighted by Gasteiger charge is -2.34. The fraction of sp³-hybridized carbons (Fsp3) is 0.292. The summed E-state index contributed by atoms with van der Waals surface area (Å²) in [5, 5.41) is 2.01. The van der Waals surface area contributed by atoms with Crippen molar-refractivity contribution < 1.29 is 14.3 Å². The number of ether oxygens (including phenoxy) is 2. The number of para-hydroxylation sites is 1. The van der Waals surface area contributed by atoms with E-state index >= 15 is 0 Å². The first kappa shape index (κ1) is 20.4. The standard InChI is InChI=1S/C24H26N2O3S/c1-28-22-9-5-6-19(14-22)16-25-10-12-26(13-11-25)24(27)23-15-20(18-30-23)17-29-21-7-3-2-4-8-21/h2-9,14-15,18H,10-13,16-17H2,1H3. The monoisotopic (exact) mass is 422 g/mol. The maximum absolute atomic E-state index is 12.9. The van der Waals surface area contributed by atoms with Crippen LogP contribution in [0.2, 0.25) is 0 Å². The van der Waals surface area contributed by atoms with Gasteiger partial charge in [-0.05, 0) is 41.3 Å². The highest BCUT2D eigenvalue weighted by molar-refractivity contribution is 7.12. The molecule has 1 aromatic heterocycles.